The molecule has 0 saturated carbocycles. The van der Waals surface area contributed by atoms with Gasteiger partial charge in [0.15, 0.2) is 5.70 Å². The molecule has 0 radical (unpaired) electrons. The molecule has 6 nitrogen and oxygen atoms in total. The Morgan fingerprint density at radius 2 is 1.89 bits per heavy atom. The van der Waals surface area contributed by atoms with E-state index in [1.807, 2.05) is 18.2 Å². The van der Waals surface area contributed by atoms with Crippen molar-refractivity contribution in [2.45, 2.75) is 12.7 Å². The molecule has 5 N–H and O–H groups in total. The van der Waals surface area contributed by atoms with Crippen LogP contribution in [0.2, 0.25) is 5.02 Å². The summed E-state index contributed by atoms with van der Waals surface area (Å²) in [5.41, 5.74) is 7.39. The summed E-state index contributed by atoms with van der Waals surface area (Å²) in [5.74, 6) is 4.99. The lowest BCUT2D eigenvalue weighted by atomic mass is 10.1. The summed E-state index contributed by atoms with van der Waals surface area (Å²) in [4.78, 5) is 8.43. The van der Waals surface area contributed by atoms with Crippen LogP contribution in [0.3, 0.4) is 0 Å². The molecule has 0 amide bonds. The van der Waals surface area contributed by atoms with E-state index in [1.165, 1.54) is 18.3 Å². The van der Waals surface area contributed by atoms with Gasteiger partial charge < -0.3 is 15.7 Å². The first kappa shape index (κ1) is 19.7. The topological polar surface area (TPSA) is 94.8 Å². The van der Waals surface area contributed by atoms with Gasteiger partial charge in [0, 0.05) is 29.5 Å². The molecule has 2 heterocycles. The fourth-order valence-electron chi connectivity index (χ4n) is 2.60. The summed E-state index contributed by atoms with van der Waals surface area (Å²) in [5, 5.41) is 0.629. The molecule has 0 saturated heterocycles. The van der Waals surface area contributed by atoms with Gasteiger partial charge in [-0.15, -0.1) is 0 Å². The number of imidazole rings is 1. The number of nitrogens with one attached hydrogen (secondary N) is 1. The number of hydrogen-bond acceptors (Lipinski definition) is 5. The molecular weight excluding hydrogens is 393 g/mol. The Kier molecular flexibility index (Phi) is 5.57. The van der Waals surface area contributed by atoms with E-state index in [0.29, 0.717) is 23.0 Å². The highest BCUT2D eigenvalue weighted by Crippen LogP contribution is 2.28. The van der Waals surface area contributed by atoms with Crippen molar-refractivity contribution >= 4 is 17.3 Å². The van der Waals surface area contributed by atoms with Crippen LogP contribution < -0.4 is 17.0 Å². The smallest absolute Gasteiger partial charge is 0.397 e. The summed E-state index contributed by atoms with van der Waals surface area (Å²) in [6.45, 7) is 0.490. The number of pyridine rings is 1. The van der Waals surface area contributed by atoms with Gasteiger partial charge in [0.1, 0.15) is 5.69 Å². The van der Waals surface area contributed by atoms with Crippen molar-refractivity contribution in [3.63, 3.8) is 0 Å². The Balaban J connectivity index is 1.90. The molecule has 10 heteroatoms. The minimum atomic E-state index is -4.71. The van der Waals surface area contributed by atoms with Gasteiger partial charge in [-0.1, -0.05) is 29.8 Å². The van der Waals surface area contributed by atoms with Crippen LogP contribution in [0.1, 0.15) is 11.1 Å². The van der Waals surface area contributed by atoms with Gasteiger partial charge in [0.05, 0.1) is 17.7 Å². The summed E-state index contributed by atoms with van der Waals surface area (Å²) < 4.78 is 40.8. The Morgan fingerprint density at radius 3 is 2.57 bits per heavy atom. The van der Waals surface area contributed by atoms with E-state index in [1.54, 1.807) is 28.6 Å². The molecule has 1 aromatic carbocycles. The van der Waals surface area contributed by atoms with Crippen LogP contribution in [-0.2, 0) is 6.54 Å². The highest BCUT2D eigenvalue weighted by Gasteiger charge is 2.36. The molecule has 146 valence electrons. The summed E-state index contributed by atoms with van der Waals surface area (Å²) in [6.07, 6.45) is -0.0378. The lowest BCUT2D eigenvalue weighted by molar-refractivity contribution is -0.0961. The minimum Gasteiger partial charge on any atom is -0.397 e. The average Bonchev–Trinajstić information content (AvgIpc) is 3.12. The molecule has 28 heavy (non-hydrogen) atoms. The van der Waals surface area contributed by atoms with E-state index >= 15 is 0 Å². The van der Waals surface area contributed by atoms with Gasteiger partial charge in [-0.3, -0.25) is 10.8 Å². The monoisotopic (exact) mass is 408 g/mol. The van der Waals surface area contributed by atoms with Crippen LogP contribution in [0.4, 0.5) is 13.2 Å². The third-order valence-electron chi connectivity index (χ3n) is 3.97. The maximum Gasteiger partial charge on any atom is 0.434 e. The Hall–Kier alpha value is -3.04. The van der Waals surface area contributed by atoms with E-state index in [0.717, 1.165) is 5.56 Å². The fourth-order valence-corrected chi connectivity index (χ4v) is 2.79. The number of aromatic nitrogens is 3. The Labute approximate surface area is 163 Å². The number of benzene rings is 1. The van der Waals surface area contributed by atoms with Crippen LogP contribution in [0.15, 0.2) is 60.8 Å². The normalized spacial score (nSPS) is 12.6. The lowest BCUT2D eigenvalue weighted by Gasteiger charge is -2.14. The van der Waals surface area contributed by atoms with E-state index in [2.05, 4.69) is 9.97 Å². The molecule has 0 spiro atoms. The molecular formula is C18H16ClF3N6. The summed E-state index contributed by atoms with van der Waals surface area (Å²) in [7, 11) is 0. The molecule has 0 aliphatic heterocycles. The highest BCUT2D eigenvalue weighted by molar-refractivity contribution is 6.31. The van der Waals surface area contributed by atoms with Crippen LogP contribution in [0.5, 0.6) is 0 Å². The number of halogens is 4. The Bertz CT molecular complexity index is 1010. The standard InChI is InChI=1S/C18H16ClF3N6/c19-13-4-2-1-3-12(13)8-28-9-15(26-10-28)14-7-11(5-6-25-14)16(23)17(27-24)18(20,21)22/h1-7,9-10,27H,8,23-24H2/b17-16-. The predicted octanol–water partition coefficient (Wildman–Crippen LogP) is 3.30. The van der Waals surface area contributed by atoms with Crippen molar-refractivity contribution in [3.8, 4) is 11.4 Å². The van der Waals surface area contributed by atoms with Crippen molar-refractivity contribution in [2.24, 2.45) is 11.6 Å². The highest BCUT2D eigenvalue weighted by atomic mass is 35.5. The minimum absolute atomic E-state index is 0.121. The van der Waals surface area contributed by atoms with Crippen LogP contribution in [-0.4, -0.2) is 20.7 Å². The Morgan fingerprint density at radius 1 is 1.14 bits per heavy atom. The summed E-state index contributed by atoms with van der Waals surface area (Å²) >= 11 is 6.16. The molecule has 0 bridgehead atoms. The number of rotatable bonds is 5. The quantitative estimate of drug-likeness (QED) is 0.445. The van der Waals surface area contributed by atoms with E-state index < -0.39 is 17.6 Å². The van der Waals surface area contributed by atoms with Crippen molar-refractivity contribution in [1.82, 2.24) is 20.0 Å². The van der Waals surface area contributed by atoms with Crippen LogP contribution >= 0.6 is 11.6 Å². The molecule has 0 unspecified atom stereocenters. The number of nitrogens with zero attached hydrogens (tertiary/aromatic N) is 3. The average molecular weight is 409 g/mol. The molecule has 2 aromatic heterocycles. The zero-order valence-corrected chi connectivity index (χ0v) is 15.2. The lowest BCUT2D eigenvalue weighted by Crippen LogP contribution is -2.34. The van der Waals surface area contributed by atoms with Gasteiger partial charge in [-0.05, 0) is 23.8 Å². The zero-order chi connectivity index (χ0) is 20.3. The zero-order valence-electron chi connectivity index (χ0n) is 14.4. The second-order valence-corrected chi connectivity index (χ2v) is 6.29. The second-order valence-electron chi connectivity index (χ2n) is 5.88. The van der Waals surface area contributed by atoms with E-state index in [4.69, 9.17) is 23.2 Å². The van der Waals surface area contributed by atoms with Gasteiger partial charge in [-0.25, -0.2) is 4.98 Å². The third kappa shape index (κ3) is 4.26. The van der Waals surface area contributed by atoms with Gasteiger partial charge >= 0.3 is 6.18 Å². The number of nitrogens with two attached hydrogens (primary N) is 2. The molecule has 0 fully saturated rings. The molecule has 3 rings (SSSR count). The van der Waals surface area contributed by atoms with Crippen molar-refractivity contribution in [1.29, 1.82) is 0 Å². The number of alkyl halides is 3. The fraction of sp³-hybridized carbons (Fsp3) is 0.111. The molecule has 0 atom stereocenters. The number of hydrogen-bond donors (Lipinski definition) is 3. The molecule has 0 aliphatic rings. The first-order valence-corrected chi connectivity index (χ1v) is 8.43. The number of hydrazine groups is 1. The van der Waals surface area contributed by atoms with E-state index in [-0.39, 0.29) is 5.56 Å². The largest absolute Gasteiger partial charge is 0.434 e. The first-order chi connectivity index (χ1) is 13.3. The maximum absolute atomic E-state index is 13.0. The van der Waals surface area contributed by atoms with Crippen molar-refractivity contribution in [2.75, 3.05) is 0 Å². The predicted molar refractivity (Wildman–Crippen MR) is 100 cm³/mol. The maximum atomic E-state index is 13.0. The van der Waals surface area contributed by atoms with E-state index in [9.17, 15) is 13.2 Å². The van der Waals surface area contributed by atoms with Crippen molar-refractivity contribution < 1.29 is 13.2 Å². The second kappa shape index (κ2) is 7.91. The van der Waals surface area contributed by atoms with Crippen LogP contribution in [0, 0.1) is 0 Å². The van der Waals surface area contributed by atoms with Crippen molar-refractivity contribution in [3.05, 3.63) is 77.0 Å². The number of allylic oxidation sites excluding steroid dienone is 1. The van der Waals surface area contributed by atoms with Gasteiger partial charge in [-0.2, -0.15) is 13.2 Å². The molecule has 0 aliphatic carbocycles. The molecule has 3 aromatic rings. The SMILES string of the molecule is NN/C(=C(\N)c1ccnc(-c2cn(Cc3ccccc3Cl)cn2)c1)C(F)(F)F. The van der Waals surface area contributed by atoms with Gasteiger partial charge in [0.25, 0.3) is 0 Å². The van der Waals surface area contributed by atoms with Gasteiger partial charge in [0.2, 0.25) is 0 Å². The summed E-state index contributed by atoms with van der Waals surface area (Å²) in [6, 6.07) is 10.2. The van der Waals surface area contributed by atoms with Crippen LogP contribution in [0.25, 0.3) is 17.1 Å². The third-order valence-corrected chi connectivity index (χ3v) is 4.34. The first-order valence-electron chi connectivity index (χ1n) is 8.05.